The maximum absolute atomic E-state index is 13.0. The molecule has 2 aromatic carbocycles. The molecule has 34 heavy (non-hydrogen) atoms. The summed E-state index contributed by atoms with van der Waals surface area (Å²) < 4.78 is 49.5. The van der Waals surface area contributed by atoms with Crippen molar-refractivity contribution in [3.8, 4) is 11.5 Å². The number of hydrogen-bond donors (Lipinski definition) is 1. The second-order valence-electron chi connectivity index (χ2n) is 8.02. The van der Waals surface area contributed by atoms with Crippen molar-refractivity contribution >= 4 is 28.8 Å². The zero-order chi connectivity index (χ0) is 24.6. The number of Topliss-reactive ketones (excluding diaryl/α,β-unsaturated/α-hetero) is 1. The first kappa shape index (κ1) is 23.3. The number of anilines is 2. The van der Waals surface area contributed by atoms with Crippen molar-refractivity contribution < 1.29 is 37.2 Å². The van der Waals surface area contributed by atoms with E-state index in [4.69, 9.17) is 9.47 Å². The lowest BCUT2D eigenvalue weighted by Gasteiger charge is -2.32. The van der Waals surface area contributed by atoms with E-state index < -0.39 is 28.3 Å². The van der Waals surface area contributed by atoms with Gasteiger partial charge in [0.2, 0.25) is 12.7 Å². The zero-order valence-electron chi connectivity index (χ0n) is 18.0. The third kappa shape index (κ3) is 4.61. The number of carbonyl (C=O) groups excluding carboxylic acids is 2. The lowest BCUT2D eigenvalue weighted by molar-refractivity contribution is -0.384. The molecule has 0 saturated carbocycles. The fourth-order valence-corrected chi connectivity index (χ4v) is 4.07. The first-order chi connectivity index (χ1) is 16.0. The van der Waals surface area contributed by atoms with E-state index in [1.54, 1.807) is 4.90 Å². The highest BCUT2D eigenvalue weighted by atomic mass is 19.4. The van der Waals surface area contributed by atoms with Crippen molar-refractivity contribution in [2.75, 3.05) is 30.1 Å². The molecule has 4 rings (SSSR count). The molecule has 2 aromatic rings. The normalized spacial score (nSPS) is 15.8. The quantitative estimate of drug-likeness (QED) is 0.384. The highest BCUT2D eigenvalue weighted by Crippen LogP contribution is 2.39. The van der Waals surface area contributed by atoms with Gasteiger partial charge in [-0.15, -0.1) is 0 Å². The van der Waals surface area contributed by atoms with E-state index in [1.165, 1.54) is 19.1 Å². The summed E-state index contributed by atoms with van der Waals surface area (Å²) in [5, 5.41) is 14.1. The van der Waals surface area contributed by atoms with Crippen LogP contribution >= 0.6 is 0 Å². The van der Waals surface area contributed by atoms with Gasteiger partial charge >= 0.3 is 6.18 Å². The van der Waals surface area contributed by atoms with Gasteiger partial charge in [-0.3, -0.25) is 19.7 Å². The van der Waals surface area contributed by atoms with Crippen LogP contribution in [0.2, 0.25) is 0 Å². The van der Waals surface area contributed by atoms with E-state index in [9.17, 15) is 32.9 Å². The number of piperidine rings is 1. The molecule has 2 heterocycles. The molecule has 180 valence electrons. The maximum atomic E-state index is 13.0. The number of alkyl halides is 3. The van der Waals surface area contributed by atoms with E-state index in [1.807, 2.05) is 0 Å². The Hall–Kier alpha value is -3.83. The molecule has 9 nitrogen and oxygen atoms in total. The number of nitro benzene ring substituents is 1. The van der Waals surface area contributed by atoms with Gasteiger partial charge in [0.25, 0.3) is 5.69 Å². The van der Waals surface area contributed by atoms with Crippen LogP contribution in [-0.2, 0) is 11.0 Å². The highest BCUT2D eigenvalue weighted by molar-refractivity contribution is 6.05. The van der Waals surface area contributed by atoms with Gasteiger partial charge in [0, 0.05) is 36.7 Å². The number of halogens is 3. The Morgan fingerprint density at radius 2 is 1.76 bits per heavy atom. The Bertz CT molecular complexity index is 1160. The molecule has 0 aromatic heterocycles. The Morgan fingerprint density at radius 3 is 2.35 bits per heavy atom. The van der Waals surface area contributed by atoms with E-state index >= 15 is 0 Å². The summed E-state index contributed by atoms with van der Waals surface area (Å²) in [6.07, 6.45) is -4.05. The Kier molecular flexibility index (Phi) is 6.07. The minimum absolute atomic E-state index is 0.0125. The summed E-state index contributed by atoms with van der Waals surface area (Å²) in [6.45, 7) is 1.86. The predicted octanol–water partition coefficient (Wildman–Crippen LogP) is 4.40. The monoisotopic (exact) mass is 479 g/mol. The molecule has 1 saturated heterocycles. The average molecular weight is 479 g/mol. The van der Waals surface area contributed by atoms with Crippen LogP contribution in [-0.4, -0.2) is 36.5 Å². The van der Waals surface area contributed by atoms with Gasteiger partial charge < -0.3 is 19.7 Å². The van der Waals surface area contributed by atoms with Crippen molar-refractivity contribution in [1.29, 1.82) is 0 Å². The van der Waals surface area contributed by atoms with Crippen LogP contribution in [0.5, 0.6) is 11.5 Å². The number of carbonyl (C=O) groups is 2. The molecule has 0 aliphatic carbocycles. The molecule has 0 radical (unpaired) electrons. The molecule has 2 aliphatic rings. The van der Waals surface area contributed by atoms with Crippen molar-refractivity contribution in [2.45, 2.75) is 25.9 Å². The molecule has 0 unspecified atom stereocenters. The topological polar surface area (TPSA) is 111 Å². The van der Waals surface area contributed by atoms with Crippen LogP contribution in [0.4, 0.5) is 30.2 Å². The molecule has 12 heteroatoms. The highest BCUT2D eigenvalue weighted by Gasteiger charge is 2.35. The summed E-state index contributed by atoms with van der Waals surface area (Å²) in [5.74, 6) is -0.227. The number of ether oxygens (including phenoxy) is 2. The van der Waals surface area contributed by atoms with E-state index in [0.717, 1.165) is 12.1 Å². The fraction of sp³-hybridized carbons (Fsp3) is 0.364. The van der Waals surface area contributed by atoms with Crippen molar-refractivity contribution in [2.24, 2.45) is 5.92 Å². The van der Waals surface area contributed by atoms with Crippen LogP contribution in [0.1, 0.15) is 35.7 Å². The van der Waals surface area contributed by atoms with Crippen LogP contribution in [0.15, 0.2) is 30.3 Å². The smallest absolute Gasteiger partial charge is 0.416 e. The molecular formula is C22H20F3N3O6. The van der Waals surface area contributed by atoms with Crippen LogP contribution < -0.4 is 19.7 Å². The first-order valence-corrected chi connectivity index (χ1v) is 10.4. The van der Waals surface area contributed by atoms with Gasteiger partial charge in [-0.25, -0.2) is 0 Å². The minimum atomic E-state index is -4.69. The minimum Gasteiger partial charge on any atom is -0.454 e. The summed E-state index contributed by atoms with van der Waals surface area (Å²) >= 11 is 0. The maximum Gasteiger partial charge on any atom is 0.416 e. The Balaban J connectivity index is 1.46. The predicted molar refractivity (Wildman–Crippen MR) is 114 cm³/mol. The summed E-state index contributed by atoms with van der Waals surface area (Å²) in [6, 6.07) is 5.46. The lowest BCUT2D eigenvalue weighted by atomic mass is 9.94. The number of ketones is 1. The molecule has 0 spiro atoms. The van der Waals surface area contributed by atoms with Gasteiger partial charge in [-0.1, -0.05) is 0 Å². The van der Waals surface area contributed by atoms with Gasteiger partial charge in [0.05, 0.1) is 16.2 Å². The fourth-order valence-electron chi connectivity index (χ4n) is 4.07. The number of rotatable bonds is 5. The molecule has 1 amide bonds. The molecular weight excluding hydrogens is 459 g/mol. The molecule has 0 atom stereocenters. The third-order valence-corrected chi connectivity index (χ3v) is 5.86. The second-order valence-corrected chi connectivity index (χ2v) is 8.02. The Labute approximate surface area is 191 Å². The average Bonchev–Trinajstić information content (AvgIpc) is 3.25. The number of nitrogens with zero attached hydrogens (tertiary/aromatic N) is 2. The van der Waals surface area contributed by atoms with Crippen molar-refractivity contribution in [3.63, 3.8) is 0 Å². The summed E-state index contributed by atoms with van der Waals surface area (Å²) in [4.78, 5) is 37.0. The standard InChI is InChI=1S/C22H20F3N3O6/c1-12(29)15-9-19-20(34-11-33-19)10-16(15)26-21(30)13-4-6-27(7-5-13)17-3-2-14(22(23,24)25)8-18(17)28(31)32/h2-3,8-10,13H,4-7,11H2,1H3,(H,26,30). The first-order valence-electron chi connectivity index (χ1n) is 10.4. The van der Waals surface area contributed by atoms with E-state index in [0.29, 0.717) is 36.1 Å². The number of nitrogens with one attached hydrogen (secondary N) is 1. The van der Waals surface area contributed by atoms with Gasteiger partial charge in [0.1, 0.15) is 5.69 Å². The lowest BCUT2D eigenvalue weighted by Crippen LogP contribution is -2.38. The summed E-state index contributed by atoms with van der Waals surface area (Å²) in [7, 11) is 0. The Morgan fingerprint density at radius 1 is 1.12 bits per heavy atom. The molecule has 1 N–H and O–H groups in total. The van der Waals surface area contributed by atoms with Crippen LogP contribution in [0.3, 0.4) is 0 Å². The van der Waals surface area contributed by atoms with Gasteiger partial charge in [0.15, 0.2) is 17.3 Å². The van der Waals surface area contributed by atoms with Crippen LogP contribution in [0.25, 0.3) is 0 Å². The molecule has 1 fully saturated rings. The zero-order valence-corrected chi connectivity index (χ0v) is 18.0. The number of benzene rings is 2. The number of hydrogen-bond acceptors (Lipinski definition) is 7. The molecule has 0 bridgehead atoms. The van der Waals surface area contributed by atoms with E-state index in [2.05, 4.69) is 5.32 Å². The SMILES string of the molecule is CC(=O)c1cc2c(cc1NC(=O)C1CCN(c3ccc(C(F)(F)F)cc3[N+](=O)[O-])CC1)OCO2. The molecule has 2 aliphatic heterocycles. The number of nitro groups is 1. The van der Waals surface area contributed by atoms with Gasteiger partial charge in [-0.2, -0.15) is 13.2 Å². The number of fused-ring (bicyclic) bond motifs is 1. The van der Waals surface area contributed by atoms with E-state index in [-0.39, 0.29) is 42.8 Å². The van der Waals surface area contributed by atoms with Crippen molar-refractivity contribution in [1.82, 2.24) is 0 Å². The third-order valence-electron chi connectivity index (χ3n) is 5.86. The van der Waals surface area contributed by atoms with Crippen molar-refractivity contribution in [3.05, 3.63) is 51.6 Å². The second kappa shape index (κ2) is 8.84. The van der Waals surface area contributed by atoms with Crippen LogP contribution in [0, 0.1) is 16.0 Å². The number of amides is 1. The largest absolute Gasteiger partial charge is 0.454 e. The van der Waals surface area contributed by atoms with Gasteiger partial charge in [-0.05, 0) is 38.0 Å². The summed E-state index contributed by atoms with van der Waals surface area (Å²) in [5.41, 5.74) is -1.09.